The zero-order valence-electron chi connectivity index (χ0n) is 16.6. The van der Waals surface area contributed by atoms with E-state index in [1.165, 1.54) is 0 Å². The first kappa shape index (κ1) is 19.2. The molecule has 4 rings (SSSR count). The molecule has 1 amide bonds. The van der Waals surface area contributed by atoms with Gasteiger partial charge in [0.05, 0.1) is 25.6 Å². The van der Waals surface area contributed by atoms with Crippen molar-refractivity contribution in [1.29, 1.82) is 0 Å². The molecule has 0 spiro atoms. The maximum Gasteiger partial charge on any atom is 0.313 e. The Hall–Kier alpha value is -3.08. The van der Waals surface area contributed by atoms with E-state index in [0.717, 1.165) is 28.8 Å². The molecule has 1 N–H and O–H groups in total. The predicted octanol–water partition coefficient (Wildman–Crippen LogP) is 3.93. The van der Waals surface area contributed by atoms with Crippen LogP contribution in [0.3, 0.4) is 0 Å². The van der Waals surface area contributed by atoms with E-state index in [1.807, 2.05) is 48.5 Å². The fourth-order valence-corrected chi connectivity index (χ4v) is 4.56. The molecule has 1 heterocycles. The third-order valence-electron chi connectivity index (χ3n) is 6.00. The van der Waals surface area contributed by atoms with Gasteiger partial charge < -0.3 is 14.8 Å². The normalized spacial score (nSPS) is 22.9. The van der Waals surface area contributed by atoms with Crippen molar-refractivity contribution in [3.05, 3.63) is 71.8 Å². The van der Waals surface area contributed by atoms with Crippen LogP contribution < -0.4 is 10.1 Å². The van der Waals surface area contributed by atoms with Gasteiger partial charge in [0, 0.05) is 17.2 Å². The van der Waals surface area contributed by atoms with E-state index in [2.05, 4.69) is 11.9 Å². The minimum Gasteiger partial charge on any atom is -0.496 e. The molecule has 29 heavy (non-hydrogen) atoms. The van der Waals surface area contributed by atoms with Crippen LogP contribution in [-0.2, 0) is 27.2 Å². The third-order valence-corrected chi connectivity index (χ3v) is 6.00. The van der Waals surface area contributed by atoms with E-state index in [0.29, 0.717) is 25.2 Å². The molecule has 2 aliphatic rings. The molecule has 2 aromatic carbocycles. The summed E-state index contributed by atoms with van der Waals surface area (Å²) in [7, 11) is 1.60. The summed E-state index contributed by atoms with van der Waals surface area (Å²) >= 11 is 0. The highest BCUT2D eigenvalue weighted by Gasteiger charge is 2.55. The van der Waals surface area contributed by atoms with Crippen molar-refractivity contribution >= 4 is 17.6 Å². The number of para-hydroxylation sites is 1. The molecule has 2 fully saturated rings. The Morgan fingerprint density at radius 3 is 2.76 bits per heavy atom. The van der Waals surface area contributed by atoms with Crippen LogP contribution in [0.1, 0.15) is 24.0 Å². The molecule has 1 saturated carbocycles. The molecule has 5 heteroatoms. The number of carbonyl (C=O) groups excluding carboxylic acids is 2. The molecule has 150 valence electrons. The summed E-state index contributed by atoms with van der Waals surface area (Å²) in [4.78, 5) is 24.8. The number of hydrogen-bond donors (Lipinski definition) is 1. The SMILES string of the molecule is C=C1CC2COC(=O)C2(Cc2ccc(NC(=O)Cc3ccccc3OC)cc2)C1. The van der Waals surface area contributed by atoms with Gasteiger partial charge in [-0.3, -0.25) is 9.59 Å². The molecule has 2 aromatic rings. The standard InChI is InChI=1S/C24H25NO4/c1-16-11-19-15-29-23(27)24(19,13-16)14-17-7-9-20(10-8-17)25-22(26)12-18-5-3-4-6-21(18)28-2/h3-10,19H,1,11-15H2,2H3,(H,25,26). The zero-order valence-corrected chi connectivity index (χ0v) is 16.6. The van der Waals surface area contributed by atoms with E-state index < -0.39 is 5.41 Å². The van der Waals surface area contributed by atoms with Crippen molar-refractivity contribution in [3.8, 4) is 5.75 Å². The van der Waals surface area contributed by atoms with Crippen LogP contribution in [0.4, 0.5) is 5.69 Å². The summed E-state index contributed by atoms with van der Waals surface area (Å²) in [5, 5.41) is 2.92. The van der Waals surface area contributed by atoms with Crippen molar-refractivity contribution in [2.45, 2.75) is 25.7 Å². The van der Waals surface area contributed by atoms with Crippen molar-refractivity contribution in [2.24, 2.45) is 11.3 Å². The summed E-state index contributed by atoms with van der Waals surface area (Å²) in [5.41, 5.74) is 3.30. The summed E-state index contributed by atoms with van der Waals surface area (Å²) < 4.78 is 10.6. The summed E-state index contributed by atoms with van der Waals surface area (Å²) in [6.07, 6.45) is 2.45. The molecule has 2 atom stereocenters. The molecular formula is C24H25NO4. The van der Waals surface area contributed by atoms with Gasteiger partial charge >= 0.3 is 5.97 Å². The van der Waals surface area contributed by atoms with Crippen molar-refractivity contribution in [1.82, 2.24) is 0 Å². The number of benzene rings is 2. The van der Waals surface area contributed by atoms with Gasteiger partial charge in [-0.05, 0) is 43.0 Å². The van der Waals surface area contributed by atoms with Crippen LogP contribution in [-0.4, -0.2) is 25.6 Å². The van der Waals surface area contributed by atoms with Crippen LogP contribution in [0.15, 0.2) is 60.7 Å². The quantitative estimate of drug-likeness (QED) is 0.599. The van der Waals surface area contributed by atoms with Gasteiger partial charge in [-0.2, -0.15) is 0 Å². The van der Waals surface area contributed by atoms with E-state index in [1.54, 1.807) is 7.11 Å². The topological polar surface area (TPSA) is 64.6 Å². The first-order chi connectivity index (χ1) is 14.0. The van der Waals surface area contributed by atoms with Crippen LogP contribution in [0.25, 0.3) is 0 Å². The Morgan fingerprint density at radius 2 is 2.00 bits per heavy atom. The molecule has 1 saturated heterocycles. The fraction of sp³-hybridized carbons (Fsp3) is 0.333. The highest BCUT2D eigenvalue weighted by atomic mass is 16.5. The van der Waals surface area contributed by atoms with Crippen LogP contribution >= 0.6 is 0 Å². The molecule has 0 bridgehead atoms. The number of carbonyl (C=O) groups is 2. The van der Waals surface area contributed by atoms with Gasteiger partial charge in [0.25, 0.3) is 0 Å². The minimum atomic E-state index is -0.467. The molecule has 2 unspecified atom stereocenters. The van der Waals surface area contributed by atoms with E-state index in [9.17, 15) is 9.59 Å². The largest absolute Gasteiger partial charge is 0.496 e. The fourth-order valence-electron chi connectivity index (χ4n) is 4.56. The van der Waals surface area contributed by atoms with E-state index in [4.69, 9.17) is 9.47 Å². The molecular weight excluding hydrogens is 366 g/mol. The second kappa shape index (κ2) is 7.74. The first-order valence-electron chi connectivity index (χ1n) is 9.85. The maximum atomic E-state index is 12.4. The third kappa shape index (κ3) is 3.77. The average molecular weight is 391 g/mol. The van der Waals surface area contributed by atoms with Gasteiger partial charge in [0.1, 0.15) is 5.75 Å². The predicted molar refractivity (Wildman–Crippen MR) is 111 cm³/mol. The monoisotopic (exact) mass is 391 g/mol. The lowest BCUT2D eigenvalue weighted by Crippen LogP contribution is -2.31. The second-order valence-electron chi connectivity index (χ2n) is 7.99. The first-order valence-corrected chi connectivity index (χ1v) is 9.85. The zero-order chi connectivity index (χ0) is 20.4. The number of cyclic esters (lactones) is 1. The number of anilines is 1. The number of esters is 1. The molecule has 5 nitrogen and oxygen atoms in total. The van der Waals surface area contributed by atoms with E-state index >= 15 is 0 Å². The Morgan fingerprint density at radius 1 is 1.24 bits per heavy atom. The van der Waals surface area contributed by atoms with Gasteiger partial charge in [-0.15, -0.1) is 0 Å². The Balaban J connectivity index is 1.41. The number of allylic oxidation sites excluding steroid dienone is 1. The lowest BCUT2D eigenvalue weighted by atomic mass is 9.75. The number of nitrogens with one attached hydrogen (secondary N) is 1. The molecule has 0 aromatic heterocycles. The second-order valence-corrected chi connectivity index (χ2v) is 7.99. The van der Waals surface area contributed by atoms with E-state index in [-0.39, 0.29) is 24.2 Å². The number of ether oxygens (including phenoxy) is 2. The summed E-state index contributed by atoms with van der Waals surface area (Å²) in [5.74, 6) is 0.721. The van der Waals surface area contributed by atoms with Crippen molar-refractivity contribution in [2.75, 3.05) is 19.0 Å². The number of hydrogen-bond acceptors (Lipinski definition) is 4. The lowest BCUT2D eigenvalue weighted by molar-refractivity contribution is -0.146. The highest BCUT2D eigenvalue weighted by molar-refractivity contribution is 5.92. The summed E-state index contributed by atoms with van der Waals surface area (Å²) in [6, 6.07) is 15.2. The van der Waals surface area contributed by atoms with Gasteiger partial charge in [0.15, 0.2) is 0 Å². The van der Waals surface area contributed by atoms with Gasteiger partial charge in [0.2, 0.25) is 5.91 Å². The molecule has 1 aliphatic heterocycles. The maximum absolute atomic E-state index is 12.4. The molecule has 1 aliphatic carbocycles. The van der Waals surface area contributed by atoms with Crippen LogP contribution in [0, 0.1) is 11.3 Å². The Kier molecular flexibility index (Phi) is 5.14. The van der Waals surface area contributed by atoms with Crippen LogP contribution in [0.5, 0.6) is 5.75 Å². The number of methoxy groups -OCH3 is 1. The van der Waals surface area contributed by atoms with Crippen molar-refractivity contribution in [3.63, 3.8) is 0 Å². The van der Waals surface area contributed by atoms with Gasteiger partial charge in [-0.25, -0.2) is 0 Å². The number of amides is 1. The number of fused-ring (bicyclic) bond motifs is 1. The van der Waals surface area contributed by atoms with Crippen molar-refractivity contribution < 1.29 is 19.1 Å². The highest BCUT2D eigenvalue weighted by Crippen LogP contribution is 2.52. The minimum absolute atomic E-state index is 0.102. The van der Waals surface area contributed by atoms with Crippen LogP contribution in [0.2, 0.25) is 0 Å². The molecule has 0 radical (unpaired) electrons. The van der Waals surface area contributed by atoms with Gasteiger partial charge in [-0.1, -0.05) is 42.5 Å². The average Bonchev–Trinajstić information content (AvgIpc) is 3.18. The smallest absolute Gasteiger partial charge is 0.313 e. The lowest BCUT2D eigenvalue weighted by Gasteiger charge is -2.24. The summed E-state index contributed by atoms with van der Waals surface area (Å²) in [6.45, 7) is 4.58. The Labute approximate surface area is 170 Å². The number of rotatable bonds is 6. The Bertz CT molecular complexity index is 950.